The summed E-state index contributed by atoms with van der Waals surface area (Å²) in [5, 5.41) is 28.4. The SMILES string of the molecule is [CH][C@@H]1O[C@H](CN(C)Cc2ccccc2C#N)[C@H](O)C1O. The Bertz CT molecular complexity index is 500. The summed E-state index contributed by atoms with van der Waals surface area (Å²) >= 11 is 0. The molecule has 1 heterocycles. The third-order valence-corrected chi connectivity index (χ3v) is 3.47. The molecule has 4 atom stereocenters. The second-order valence-corrected chi connectivity index (χ2v) is 5.09. The number of likely N-dealkylation sites (N-methyl/N-ethyl adjacent to an activating group) is 1. The van der Waals surface area contributed by atoms with E-state index in [0.29, 0.717) is 18.7 Å². The van der Waals surface area contributed by atoms with Gasteiger partial charge in [-0.3, -0.25) is 4.90 Å². The Morgan fingerprint density at radius 3 is 2.65 bits per heavy atom. The van der Waals surface area contributed by atoms with Crippen molar-refractivity contribution in [3.8, 4) is 6.07 Å². The summed E-state index contributed by atoms with van der Waals surface area (Å²) in [6.07, 6.45) is -3.42. The Kier molecular flexibility index (Phi) is 4.73. The molecule has 0 bridgehead atoms. The normalized spacial score (nSPS) is 29.6. The van der Waals surface area contributed by atoms with E-state index in [0.717, 1.165) is 5.56 Å². The van der Waals surface area contributed by atoms with Crippen molar-refractivity contribution in [1.82, 2.24) is 4.90 Å². The molecule has 0 amide bonds. The van der Waals surface area contributed by atoms with E-state index in [1.807, 2.05) is 30.1 Å². The second kappa shape index (κ2) is 6.33. The van der Waals surface area contributed by atoms with Gasteiger partial charge in [-0.2, -0.15) is 5.26 Å². The average molecular weight is 274 g/mol. The van der Waals surface area contributed by atoms with Gasteiger partial charge in [0.1, 0.15) is 12.2 Å². The van der Waals surface area contributed by atoms with Crippen LogP contribution in [0.5, 0.6) is 0 Å². The van der Waals surface area contributed by atoms with Crippen molar-refractivity contribution in [2.24, 2.45) is 0 Å². The maximum atomic E-state index is 9.81. The standard InChI is InChI=1S/C15H18N2O3/c1-10-14(18)15(19)13(20-10)9-17(2)8-12-6-4-3-5-11(12)7-16/h1,3-6,10,13-15,18-19H,8-9H2,2H3/t10-,13+,14?,15-/m0/s1. The quantitative estimate of drug-likeness (QED) is 0.819. The number of nitriles is 1. The highest BCUT2D eigenvalue weighted by atomic mass is 16.5. The van der Waals surface area contributed by atoms with Crippen LogP contribution in [0.15, 0.2) is 24.3 Å². The molecule has 0 aliphatic carbocycles. The number of rotatable bonds is 4. The Balaban J connectivity index is 1.96. The lowest BCUT2D eigenvalue weighted by atomic mass is 10.1. The van der Waals surface area contributed by atoms with E-state index in [1.165, 1.54) is 0 Å². The zero-order chi connectivity index (χ0) is 14.7. The van der Waals surface area contributed by atoms with Gasteiger partial charge in [0.25, 0.3) is 0 Å². The van der Waals surface area contributed by atoms with E-state index in [2.05, 4.69) is 6.07 Å². The van der Waals surface area contributed by atoms with E-state index >= 15 is 0 Å². The largest absolute Gasteiger partial charge is 0.388 e. The van der Waals surface area contributed by atoms with Crippen molar-refractivity contribution < 1.29 is 14.9 Å². The van der Waals surface area contributed by atoms with Crippen molar-refractivity contribution in [2.75, 3.05) is 13.6 Å². The molecule has 0 saturated carbocycles. The van der Waals surface area contributed by atoms with E-state index in [-0.39, 0.29) is 0 Å². The van der Waals surface area contributed by atoms with Crippen molar-refractivity contribution in [2.45, 2.75) is 31.0 Å². The van der Waals surface area contributed by atoms with Crippen LogP contribution >= 0.6 is 0 Å². The molecule has 0 spiro atoms. The maximum Gasteiger partial charge on any atom is 0.110 e. The lowest BCUT2D eigenvalue weighted by Crippen LogP contribution is -2.38. The van der Waals surface area contributed by atoms with Crippen LogP contribution in [0.2, 0.25) is 0 Å². The fourth-order valence-corrected chi connectivity index (χ4v) is 2.36. The van der Waals surface area contributed by atoms with Crippen LogP contribution in [-0.4, -0.2) is 53.1 Å². The Morgan fingerprint density at radius 1 is 1.35 bits per heavy atom. The molecular weight excluding hydrogens is 256 g/mol. The van der Waals surface area contributed by atoms with Gasteiger partial charge in [-0.1, -0.05) is 18.2 Å². The van der Waals surface area contributed by atoms with Gasteiger partial charge < -0.3 is 14.9 Å². The van der Waals surface area contributed by atoms with Gasteiger partial charge in [0.05, 0.1) is 23.8 Å². The Morgan fingerprint density at radius 2 is 2.05 bits per heavy atom. The average Bonchev–Trinajstić information content (AvgIpc) is 2.67. The first-order valence-corrected chi connectivity index (χ1v) is 6.46. The lowest BCUT2D eigenvalue weighted by molar-refractivity contribution is 0.00214. The highest BCUT2D eigenvalue weighted by Gasteiger charge is 2.40. The van der Waals surface area contributed by atoms with Gasteiger partial charge in [0.15, 0.2) is 0 Å². The Hall–Kier alpha value is -1.45. The summed E-state index contributed by atoms with van der Waals surface area (Å²) in [5.74, 6) is 0. The predicted molar refractivity (Wildman–Crippen MR) is 72.5 cm³/mol. The van der Waals surface area contributed by atoms with Gasteiger partial charge in [-0.25, -0.2) is 0 Å². The van der Waals surface area contributed by atoms with E-state index in [9.17, 15) is 10.2 Å². The first-order valence-electron chi connectivity index (χ1n) is 6.46. The zero-order valence-electron chi connectivity index (χ0n) is 11.3. The monoisotopic (exact) mass is 274 g/mol. The Labute approximate surface area is 119 Å². The molecule has 1 unspecified atom stereocenters. The van der Waals surface area contributed by atoms with Crippen LogP contribution in [0.4, 0.5) is 0 Å². The van der Waals surface area contributed by atoms with E-state index < -0.39 is 24.4 Å². The summed E-state index contributed by atoms with van der Waals surface area (Å²) in [4.78, 5) is 1.93. The molecule has 20 heavy (non-hydrogen) atoms. The van der Waals surface area contributed by atoms with Gasteiger partial charge in [0.2, 0.25) is 0 Å². The summed E-state index contributed by atoms with van der Waals surface area (Å²) in [6.45, 7) is 6.52. The number of aliphatic hydroxyl groups excluding tert-OH is 2. The molecule has 1 saturated heterocycles. The molecule has 2 N–H and O–H groups in total. The van der Waals surface area contributed by atoms with Gasteiger partial charge in [-0.05, 0) is 25.6 Å². The number of ether oxygens (including phenoxy) is 1. The number of hydrogen-bond acceptors (Lipinski definition) is 5. The molecule has 5 heteroatoms. The highest BCUT2D eigenvalue weighted by Crippen LogP contribution is 2.21. The molecule has 2 rings (SSSR count). The molecule has 1 aromatic rings. The summed E-state index contributed by atoms with van der Waals surface area (Å²) in [7, 11) is 1.86. The van der Waals surface area contributed by atoms with Crippen LogP contribution in [-0.2, 0) is 11.3 Å². The number of hydrogen-bond donors (Lipinski definition) is 2. The molecule has 1 aromatic carbocycles. The smallest absolute Gasteiger partial charge is 0.110 e. The number of nitrogens with zero attached hydrogens (tertiary/aromatic N) is 2. The minimum Gasteiger partial charge on any atom is -0.388 e. The van der Waals surface area contributed by atoms with Crippen molar-refractivity contribution >= 4 is 0 Å². The molecular formula is C15H18N2O3. The first-order chi connectivity index (χ1) is 9.52. The van der Waals surface area contributed by atoms with E-state index in [1.54, 1.807) is 6.07 Å². The van der Waals surface area contributed by atoms with Gasteiger partial charge in [-0.15, -0.1) is 0 Å². The molecule has 0 aromatic heterocycles. The van der Waals surface area contributed by atoms with Crippen molar-refractivity contribution in [1.29, 1.82) is 5.26 Å². The maximum absolute atomic E-state index is 9.81. The third-order valence-electron chi connectivity index (χ3n) is 3.47. The number of aliphatic hydroxyl groups is 2. The summed E-state index contributed by atoms with van der Waals surface area (Å²) in [6, 6.07) is 9.51. The third kappa shape index (κ3) is 3.17. The summed E-state index contributed by atoms with van der Waals surface area (Å²) in [5.41, 5.74) is 1.54. The highest BCUT2D eigenvalue weighted by molar-refractivity contribution is 5.37. The van der Waals surface area contributed by atoms with Crippen molar-refractivity contribution in [3.05, 3.63) is 42.3 Å². The van der Waals surface area contributed by atoms with Crippen LogP contribution in [0.1, 0.15) is 11.1 Å². The molecule has 1 aliphatic rings. The van der Waals surface area contributed by atoms with Gasteiger partial charge in [0, 0.05) is 13.1 Å². The first kappa shape index (κ1) is 14.9. The summed E-state index contributed by atoms with van der Waals surface area (Å²) < 4.78 is 5.32. The topological polar surface area (TPSA) is 76.7 Å². The van der Waals surface area contributed by atoms with Crippen molar-refractivity contribution in [3.63, 3.8) is 0 Å². The molecule has 1 fully saturated rings. The molecule has 1 aliphatic heterocycles. The van der Waals surface area contributed by atoms with Crippen LogP contribution in [0.3, 0.4) is 0 Å². The van der Waals surface area contributed by atoms with Crippen LogP contribution in [0, 0.1) is 18.3 Å². The lowest BCUT2D eigenvalue weighted by Gasteiger charge is -2.23. The fraction of sp³-hybridized carbons (Fsp3) is 0.467. The predicted octanol–water partition coefficient (Wildman–Crippen LogP) is 0.190. The molecule has 2 radical (unpaired) electrons. The number of benzene rings is 1. The minimum absolute atomic E-state index is 0.422. The van der Waals surface area contributed by atoms with E-state index in [4.69, 9.17) is 16.9 Å². The van der Waals surface area contributed by atoms with Crippen LogP contribution in [0.25, 0.3) is 0 Å². The minimum atomic E-state index is -1.06. The second-order valence-electron chi connectivity index (χ2n) is 5.09. The van der Waals surface area contributed by atoms with Gasteiger partial charge >= 0.3 is 0 Å². The molecule has 5 nitrogen and oxygen atoms in total. The van der Waals surface area contributed by atoms with Crippen LogP contribution < -0.4 is 0 Å². The zero-order valence-corrected chi connectivity index (χ0v) is 11.3. The fourth-order valence-electron chi connectivity index (χ4n) is 2.36. The molecule has 106 valence electrons.